The monoisotopic (exact) mass is 193 g/mol. The summed E-state index contributed by atoms with van der Waals surface area (Å²) in [5, 5.41) is 0. The lowest BCUT2D eigenvalue weighted by Gasteiger charge is -2.13. The van der Waals surface area contributed by atoms with Crippen LogP contribution in [0, 0.1) is 11.7 Å². The highest BCUT2D eigenvalue weighted by atomic mass is 19.1. The highest BCUT2D eigenvalue weighted by Gasteiger charge is 2.08. The molecule has 1 rings (SSSR count). The lowest BCUT2D eigenvalue weighted by molar-refractivity contribution is 0.627. The van der Waals surface area contributed by atoms with Crippen molar-refractivity contribution in [1.82, 2.24) is 0 Å². The van der Waals surface area contributed by atoms with Gasteiger partial charge >= 0.3 is 0 Å². The van der Waals surface area contributed by atoms with Crippen LogP contribution in [0.1, 0.15) is 26.3 Å². The topological polar surface area (TPSA) is 26.0 Å². The Morgan fingerprint density at radius 2 is 1.71 bits per heavy atom. The fraction of sp³-hybridized carbons (Fsp3) is 0.333. The molecule has 0 aliphatic heterocycles. The first-order valence-corrected chi connectivity index (χ1v) is 4.74. The number of rotatable bonds is 2. The molecule has 76 valence electrons. The van der Waals surface area contributed by atoms with E-state index in [0.717, 1.165) is 16.8 Å². The van der Waals surface area contributed by atoms with Crippen LogP contribution in [-0.2, 0) is 0 Å². The van der Waals surface area contributed by atoms with Crippen molar-refractivity contribution in [2.75, 3.05) is 0 Å². The Kier molecular flexibility index (Phi) is 3.28. The van der Waals surface area contributed by atoms with E-state index in [-0.39, 0.29) is 5.82 Å². The molecule has 0 bridgehead atoms. The minimum Gasteiger partial charge on any atom is -0.402 e. The van der Waals surface area contributed by atoms with Gasteiger partial charge in [-0.15, -0.1) is 0 Å². The molecule has 2 N–H and O–H groups in total. The standard InChI is InChI=1S/C12H16FN/c1-8(2)12(9(3)14)10-4-6-11(13)7-5-10/h4-8H,14H2,1-3H3/b12-9-. The summed E-state index contributed by atoms with van der Waals surface area (Å²) < 4.78 is 12.7. The highest BCUT2D eigenvalue weighted by Crippen LogP contribution is 2.24. The molecule has 1 aromatic carbocycles. The summed E-state index contributed by atoms with van der Waals surface area (Å²) in [4.78, 5) is 0. The van der Waals surface area contributed by atoms with Crippen LogP contribution in [0.2, 0.25) is 0 Å². The molecule has 0 saturated heterocycles. The maximum Gasteiger partial charge on any atom is 0.123 e. The van der Waals surface area contributed by atoms with E-state index in [1.54, 1.807) is 12.1 Å². The molecule has 0 atom stereocenters. The van der Waals surface area contributed by atoms with Crippen molar-refractivity contribution in [3.8, 4) is 0 Å². The molecular weight excluding hydrogens is 177 g/mol. The maximum atomic E-state index is 12.7. The predicted molar refractivity (Wildman–Crippen MR) is 58.0 cm³/mol. The van der Waals surface area contributed by atoms with Crippen LogP contribution in [0.25, 0.3) is 5.57 Å². The molecule has 0 fully saturated rings. The van der Waals surface area contributed by atoms with Crippen molar-refractivity contribution < 1.29 is 4.39 Å². The van der Waals surface area contributed by atoms with E-state index in [2.05, 4.69) is 13.8 Å². The third-order valence-electron chi connectivity index (χ3n) is 2.16. The van der Waals surface area contributed by atoms with Gasteiger partial charge in [0.15, 0.2) is 0 Å². The second-order valence-corrected chi connectivity index (χ2v) is 3.76. The van der Waals surface area contributed by atoms with Gasteiger partial charge in [0.2, 0.25) is 0 Å². The van der Waals surface area contributed by atoms with Crippen LogP contribution in [-0.4, -0.2) is 0 Å². The van der Waals surface area contributed by atoms with Gasteiger partial charge in [-0.05, 0) is 36.1 Å². The van der Waals surface area contributed by atoms with Crippen LogP contribution in [0.15, 0.2) is 30.0 Å². The second-order valence-electron chi connectivity index (χ2n) is 3.76. The van der Waals surface area contributed by atoms with Gasteiger partial charge in [0.05, 0.1) is 0 Å². The van der Waals surface area contributed by atoms with E-state index in [0.29, 0.717) is 5.92 Å². The summed E-state index contributed by atoms with van der Waals surface area (Å²) in [6, 6.07) is 6.45. The zero-order chi connectivity index (χ0) is 10.7. The average molecular weight is 193 g/mol. The molecule has 2 heteroatoms. The summed E-state index contributed by atoms with van der Waals surface area (Å²) >= 11 is 0. The van der Waals surface area contributed by atoms with Crippen LogP contribution in [0.3, 0.4) is 0 Å². The number of hydrogen-bond donors (Lipinski definition) is 1. The van der Waals surface area contributed by atoms with Crippen molar-refractivity contribution >= 4 is 5.57 Å². The van der Waals surface area contributed by atoms with E-state index >= 15 is 0 Å². The molecule has 0 spiro atoms. The summed E-state index contributed by atoms with van der Waals surface area (Å²) in [6.45, 7) is 6.03. The van der Waals surface area contributed by atoms with Gasteiger partial charge in [-0.3, -0.25) is 0 Å². The number of benzene rings is 1. The van der Waals surface area contributed by atoms with Crippen molar-refractivity contribution in [1.29, 1.82) is 0 Å². The molecule has 0 radical (unpaired) electrons. The molecule has 0 aromatic heterocycles. The normalized spacial score (nSPS) is 12.9. The third kappa shape index (κ3) is 2.34. The van der Waals surface area contributed by atoms with E-state index < -0.39 is 0 Å². The molecule has 0 amide bonds. The van der Waals surface area contributed by atoms with Crippen molar-refractivity contribution in [3.63, 3.8) is 0 Å². The lowest BCUT2D eigenvalue weighted by atomic mass is 9.94. The van der Waals surface area contributed by atoms with Crippen molar-refractivity contribution in [2.24, 2.45) is 11.7 Å². The Bertz CT molecular complexity index is 332. The predicted octanol–water partition coefficient (Wildman–Crippen LogP) is 3.17. The van der Waals surface area contributed by atoms with Gasteiger partial charge in [0.1, 0.15) is 5.82 Å². The van der Waals surface area contributed by atoms with Gasteiger partial charge in [0, 0.05) is 5.70 Å². The van der Waals surface area contributed by atoms with E-state index in [9.17, 15) is 4.39 Å². The first-order chi connectivity index (χ1) is 6.52. The van der Waals surface area contributed by atoms with E-state index in [4.69, 9.17) is 5.73 Å². The quantitative estimate of drug-likeness (QED) is 0.767. The molecule has 1 aromatic rings. The molecule has 0 saturated carbocycles. The summed E-state index contributed by atoms with van der Waals surface area (Å²) in [5.41, 5.74) is 8.68. The first kappa shape index (κ1) is 10.8. The summed E-state index contributed by atoms with van der Waals surface area (Å²) in [7, 11) is 0. The van der Waals surface area contributed by atoms with Crippen LogP contribution in [0.4, 0.5) is 4.39 Å². The molecule has 0 aliphatic rings. The molecular formula is C12H16FN. The fourth-order valence-corrected chi connectivity index (χ4v) is 1.65. The average Bonchev–Trinajstić information content (AvgIpc) is 2.07. The van der Waals surface area contributed by atoms with Crippen molar-refractivity contribution in [2.45, 2.75) is 20.8 Å². The Morgan fingerprint density at radius 3 is 2.07 bits per heavy atom. The van der Waals surface area contributed by atoms with Gasteiger partial charge < -0.3 is 5.73 Å². The molecule has 0 unspecified atom stereocenters. The lowest BCUT2D eigenvalue weighted by Crippen LogP contribution is -2.03. The maximum absolute atomic E-state index is 12.7. The number of halogens is 1. The smallest absolute Gasteiger partial charge is 0.123 e. The zero-order valence-corrected chi connectivity index (χ0v) is 8.84. The van der Waals surface area contributed by atoms with Gasteiger partial charge in [-0.25, -0.2) is 4.39 Å². The van der Waals surface area contributed by atoms with Crippen molar-refractivity contribution in [3.05, 3.63) is 41.3 Å². The van der Waals surface area contributed by atoms with Gasteiger partial charge in [0.25, 0.3) is 0 Å². The van der Waals surface area contributed by atoms with Gasteiger partial charge in [-0.2, -0.15) is 0 Å². The Labute approximate surface area is 84.4 Å². The molecule has 0 heterocycles. The van der Waals surface area contributed by atoms with Crippen LogP contribution >= 0.6 is 0 Å². The van der Waals surface area contributed by atoms with E-state index in [1.807, 2.05) is 6.92 Å². The molecule has 1 nitrogen and oxygen atoms in total. The zero-order valence-electron chi connectivity index (χ0n) is 8.84. The largest absolute Gasteiger partial charge is 0.402 e. The Hall–Kier alpha value is -1.31. The van der Waals surface area contributed by atoms with Gasteiger partial charge in [-0.1, -0.05) is 26.0 Å². The molecule has 14 heavy (non-hydrogen) atoms. The second kappa shape index (κ2) is 4.27. The van der Waals surface area contributed by atoms with E-state index in [1.165, 1.54) is 12.1 Å². The minimum absolute atomic E-state index is 0.216. The number of hydrogen-bond acceptors (Lipinski definition) is 1. The van der Waals surface area contributed by atoms with Crippen LogP contribution in [0.5, 0.6) is 0 Å². The number of allylic oxidation sites excluding steroid dienone is 2. The Morgan fingerprint density at radius 1 is 1.21 bits per heavy atom. The SMILES string of the molecule is C/C(N)=C(/c1ccc(F)cc1)C(C)C. The first-order valence-electron chi connectivity index (χ1n) is 4.74. The summed E-state index contributed by atoms with van der Waals surface area (Å²) in [5.74, 6) is 0.136. The fourth-order valence-electron chi connectivity index (χ4n) is 1.65. The minimum atomic E-state index is -0.216. The molecule has 0 aliphatic carbocycles. The number of nitrogens with two attached hydrogens (primary N) is 1. The Balaban J connectivity index is 3.14. The summed E-state index contributed by atoms with van der Waals surface area (Å²) in [6.07, 6.45) is 0. The third-order valence-corrected chi connectivity index (χ3v) is 2.16. The highest BCUT2D eigenvalue weighted by molar-refractivity contribution is 5.69. The van der Waals surface area contributed by atoms with Crippen LogP contribution < -0.4 is 5.73 Å².